The van der Waals surface area contributed by atoms with Crippen molar-refractivity contribution in [1.82, 2.24) is 4.98 Å². The van der Waals surface area contributed by atoms with Gasteiger partial charge in [0.25, 0.3) is 0 Å². The first-order chi connectivity index (χ1) is 7.68. The molecule has 0 aliphatic carbocycles. The van der Waals surface area contributed by atoms with Gasteiger partial charge in [0, 0.05) is 12.3 Å². The van der Waals surface area contributed by atoms with Gasteiger partial charge >= 0.3 is 0 Å². The summed E-state index contributed by atoms with van der Waals surface area (Å²) in [5.74, 6) is -0.234. The van der Waals surface area contributed by atoms with Crippen molar-refractivity contribution >= 4 is 17.3 Å². The molecule has 2 rings (SSSR count). The molecule has 0 aliphatic rings. The molecule has 82 valence electrons. The molecule has 0 unspecified atom stereocenters. The van der Waals surface area contributed by atoms with Gasteiger partial charge < -0.3 is 10.5 Å². The number of aromatic nitrogens is 1. The summed E-state index contributed by atoms with van der Waals surface area (Å²) in [5.41, 5.74) is 5.95. The van der Waals surface area contributed by atoms with Crippen LogP contribution in [0.2, 0.25) is 5.02 Å². The van der Waals surface area contributed by atoms with E-state index in [1.165, 1.54) is 24.5 Å². The second kappa shape index (κ2) is 4.37. The predicted molar refractivity (Wildman–Crippen MR) is 60.1 cm³/mol. The van der Waals surface area contributed by atoms with Gasteiger partial charge in [0.1, 0.15) is 0 Å². The molecule has 0 saturated heterocycles. The molecule has 0 fully saturated rings. The summed E-state index contributed by atoms with van der Waals surface area (Å²) in [6, 6.07) is 6.06. The highest BCUT2D eigenvalue weighted by Crippen LogP contribution is 2.30. The van der Waals surface area contributed by atoms with Gasteiger partial charge in [0.05, 0.1) is 16.9 Å². The number of nitrogens with two attached hydrogens (primary N) is 1. The van der Waals surface area contributed by atoms with Crippen LogP contribution >= 0.6 is 11.6 Å². The van der Waals surface area contributed by atoms with Gasteiger partial charge in [0.2, 0.25) is 0 Å². The molecule has 1 heterocycles. The number of halogens is 2. The van der Waals surface area contributed by atoms with E-state index in [2.05, 4.69) is 4.98 Å². The van der Waals surface area contributed by atoms with Crippen LogP contribution in [0.3, 0.4) is 0 Å². The molecule has 2 aromatic rings. The van der Waals surface area contributed by atoms with Crippen LogP contribution < -0.4 is 10.5 Å². The Balaban J connectivity index is 2.35. The van der Waals surface area contributed by atoms with E-state index in [0.717, 1.165) is 0 Å². The number of anilines is 1. The highest BCUT2D eigenvalue weighted by atomic mass is 35.5. The SMILES string of the molecule is Nc1cnccc1Oc1cccc(Cl)c1F. The van der Waals surface area contributed by atoms with Crippen molar-refractivity contribution in [2.75, 3.05) is 5.73 Å². The molecule has 1 aromatic carbocycles. The molecule has 0 spiro atoms. The van der Waals surface area contributed by atoms with Crippen molar-refractivity contribution in [2.45, 2.75) is 0 Å². The third-order valence-corrected chi connectivity index (χ3v) is 2.24. The first kappa shape index (κ1) is 10.7. The topological polar surface area (TPSA) is 48.1 Å². The molecule has 3 nitrogen and oxygen atoms in total. The van der Waals surface area contributed by atoms with E-state index in [0.29, 0.717) is 11.4 Å². The molecular weight excluding hydrogens is 231 g/mol. The van der Waals surface area contributed by atoms with Crippen LogP contribution in [-0.4, -0.2) is 4.98 Å². The monoisotopic (exact) mass is 238 g/mol. The number of benzene rings is 1. The van der Waals surface area contributed by atoms with Crippen molar-refractivity contribution < 1.29 is 9.13 Å². The second-order valence-electron chi connectivity index (χ2n) is 3.07. The maximum atomic E-state index is 13.5. The smallest absolute Gasteiger partial charge is 0.184 e. The lowest BCUT2D eigenvalue weighted by Gasteiger charge is -2.08. The lowest BCUT2D eigenvalue weighted by atomic mass is 10.3. The van der Waals surface area contributed by atoms with Crippen molar-refractivity contribution in [3.63, 3.8) is 0 Å². The van der Waals surface area contributed by atoms with E-state index >= 15 is 0 Å². The van der Waals surface area contributed by atoms with Gasteiger partial charge in [-0.1, -0.05) is 17.7 Å². The van der Waals surface area contributed by atoms with Crippen LogP contribution in [0.25, 0.3) is 0 Å². The molecule has 0 bridgehead atoms. The van der Waals surface area contributed by atoms with Crippen molar-refractivity contribution in [1.29, 1.82) is 0 Å². The highest BCUT2D eigenvalue weighted by Gasteiger charge is 2.09. The Bertz CT molecular complexity index is 519. The standard InChI is InChI=1S/C11H8ClFN2O/c12-7-2-1-3-10(11(7)13)16-9-4-5-15-6-8(9)14/h1-6H,14H2. The summed E-state index contributed by atoms with van der Waals surface area (Å²) < 4.78 is 18.8. The number of ether oxygens (including phenoxy) is 1. The summed E-state index contributed by atoms with van der Waals surface area (Å²) in [6.45, 7) is 0. The number of hydrogen-bond acceptors (Lipinski definition) is 3. The van der Waals surface area contributed by atoms with Crippen molar-refractivity contribution in [3.05, 3.63) is 47.5 Å². The molecule has 0 aliphatic heterocycles. The zero-order valence-electron chi connectivity index (χ0n) is 8.15. The zero-order valence-corrected chi connectivity index (χ0v) is 8.91. The molecule has 0 saturated carbocycles. The van der Waals surface area contributed by atoms with Gasteiger partial charge in [-0.25, -0.2) is 4.39 Å². The first-order valence-corrected chi connectivity index (χ1v) is 4.87. The fourth-order valence-corrected chi connectivity index (χ4v) is 1.33. The van der Waals surface area contributed by atoms with Crippen LogP contribution in [0.5, 0.6) is 11.5 Å². The first-order valence-electron chi connectivity index (χ1n) is 4.50. The Labute approximate surface area is 96.6 Å². The third-order valence-electron chi connectivity index (χ3n) is 1.95. The van der Waals surface area contributed by atoms with Gasteiger partial charge in [0.15, 0.2) is 17.3 Å². The summed E-state index contributed by atoms with van der Waals surface area (Å²) in [6.07, 6.45) is 2.94. The summed E-state index contributed by atoms with van der Waals surface area (Å²) in [4.78, 5) is 3.80. The van der Waals surface area contributed by atoms with E-state index in [1.54, 1.807) is 12.1 Å². The van der Waals surface area contributed by atoms with E-state index in [9.17, 15) is 4.39 Å². The van der Waals surface area contributed by atoms with Crippen LogP contribution in [-0.2, 0) is 0 Å². The van der Waals surface area contributed by atoms with E-state index in [1.807, 2.05) is 0 Å². The van der Waals surface area contributed by atoms with Crippen LogP contribution in [0.15, 0.2) is 36.7 Å². The minimum atomic E-state index is -0.611. The van der Waals surface area contributed by atoms with E-state index in [4.69, 9.17) is 22.1 Å². The predicted octanol–water partition coefficient (Wildman–Crippen LogP) is 3.25. The Morgan fingerprint density at radius 3 is 2.81 bits per heavy atom. The normalized spacial score (nSPS) is 10.1. The minimum Gasteiger partial charge on any atom is -0.452 e. The van der Waals surface area contributed by atoms with Gasteiger partial charge in [-0.2, -0.15) is 0 Å². The fraction of sp³-hybridized carbons (Fsp3) is 0. The molecule has 1 aromatic heterocycles. The zero-order chi connectivity index (χ0) is 11.5. The van der Waals surface area contributed by atoms with Crippen molar-refractivity contribution in [2.24, 2.45) is 0 Å². The Hall–Kier alpha value is -1.81. The molecule has 16 heavy (non-hydrogen) atoms. The molecule has 0 amide bonds. The number of nitrogens with zero attached hydrogens (tertiary/aromatic N) is 1. The molecule has 0 atom stereocenters. The largest absolute Gasteiger partial charge is 0.452 e. The lowest BCUT2D eigenvalue weighted by Crippen LogP contribution is -1.94. The third kappa shape index (κ3) is 2.06. The Kier molecular flexibility index (Phi) is 2.92. The summed E-state index contributed by atoms with van der Waals surface area (Å²) >= 11 is 5.62. The van der Waals surface area contributed by atoms with Gasteiger partial charge in [-0.15, -0.1) is 0 Å². The number of pyridine rings is 1. The molecule has 5 heteroatoms. The van der Waals surface area contributed by atoms with Gasteiger partial charge in [-0.05, 0) is 12.1 Å². The molecule has 0 radical (unpaired) electrons. The number of hydrogen-bond donors (Lipinski definition) is 1. The molecular formula is C11H8ClFN2O. The minimum absolute atomic E-state index is 0.00475. The highest BCUT2D eigenvalue weighted by molar-refractivity contribution is 6.30. The summed E-state index contributed by atoms with van der Waals surface area (Å²) in [5, 5.41) is 0.00475. The Morgan fingerprint density at radius 2 is 2.06 bits per heavy atom. The van der Waals surface area contributed by atoms with Crippen LogP contribution in [0.1, 0.15) is 0 Å². The van der Waals surface area contributed by atoms with Gasteiger partial charge in [-0.3, -0.25) is 4.98 Å². The maximum Gasteiger partial charge on any atom is 0.184 e. The average molecular weight is 239 g/mol. The lowest BCUT2D eigenvalue weighted by molar-refractivity contribution is 0.444. The number of rotatable bonds is 2. The fourth-order valence-electron chi connectivity index (χ4n) is 1.17. The summed E-state index contributed by atoms with van der Waals surface area (Å²) in [7, 11) is 0. The quantitative estimate of drug-likeness (QED) is 0.874. The second-order valence-corrected chi connectivity index (χ2v) is 3.47. The van der Waals surface area contributed by atoms with Crippen molar-refractivity contribution in [3.8, 4) is 11.5 Å². The Morgan fingerprint density at radius 1 is 1.25 bits per heavy atom. The van der Waals surface area contributed by atoms with Crippen LogP contribution in [0.4, 0.5) is 10.1 Å². The van der Waals surface area contributed by atoms with E-state index < -0.39 is 5.82 Å². The maximum absolute atomic E-state index is 13.5. The number of nitrogen functional groups attached to an aromatic ring is 1. The molecule has 2 N–H and O–H groups in total. The average Bonchev–Trinajstić information content (AvgIpc) is 2.28. The van der Waals surface area contributed by atoms with Crippen LogP contribution in [0, 0.1) is 5.82 Å². The van der Waals surface area contributed by atoms with E-state index in [-0.39, 0.29) is 10.8 Å².